The van der Waals surface area contributed by atoms with E-state index in [-0.39, 0.29) is 0 Å². The second-order valence-corrected chi connectivity index (χ2v) is 15.1. The molecule has 3 aliphatic heterocycles. The molecule has 20 nitrogen and oxygen atoms in total. The van der Waals surface area contributed by atoms with Gasteiger partial charge in [0.2, 0.25) is 11.8 Å². The molecule has 1 aromatic rings. The molecule has 0 aliphatic carbocycles. The Morgan fingerprint density at radius 1 is 0.857 bits per heavy atom. The minimum atomic E-state index is -1.85. The summed E-state index contributed by atoms with van der Waals surface area (Å²) in [6.45, 7) is 4.72. The summed E-state index contributed by atoms with van der Waals surface area (Å²) in [6.07, 6.45) is -11.5. The van der Waals surface area contributed by atoms with Crippen LogP contribution in [0.5, 0.6) is 0 Å². The highest BCUT2D eigenvalue weighted by atomic mass is 16.8. The summed E-state index contributed by atoms with van der Waals surface area (Å²) < 4.78 is 24.1. The number of carbonyl (C=O) groups excluding carboxylic acids is 2. The van der Waals surface area contributed by atoms with Crippen LogP contribution >= 0.6 is 0 Å². The number of unbranched alkanes of at least 4 members (excludes halogenated alkanes) is 5. The summed E-state index contributed by atoms with van der Waals surface area (Å²) in [6, 6.07) is -2.01. The third-order valence-corrected chi connectivity index (χ3v) is 10.2. The molecule has 0 bridgehead atoms. The number of aliphatic hydroxyl groups excluding tert-OH is 8. The molecule has 4 heterocycles. The molecule has 20 heteroatoms. The number of aromatic nitrogens is 2. The van der Waals surface area contributed by atoms with Gasteiger partial charge in [0.15, 0.2) is 18.8 Å². The number of ether oxygens (including phenoxy) is 4. The number of nitrogens with one attached hydrogen (secondary N) is 3. The first-order chi connectivity index (χ1) is 26.5. The predicted molar refractivity (Wildman–Crippen MR) is 193 cm³/mol. The molecule has 1 aromatic heterocycles. The van der Waals surface area contributed by atoms with Crippen molar-refractivity contribution in [2.45, 2.75) is 164 Å². The minimum Gasteiger partial charge on any atom is -0.394 e. The van der Waals surface area contributed by atoms with E-state index in [1.54, 1.807) is 6.08 Å². The largest absolute Gasteiger partial charge is 0.394 e. The fourth-order valence-corrected chi connectivity index (χ4v) is 7.10. The maximum Gasteiger partial charge on any atom is 0.330 e. The number of carbonyl (C=O) groups is 2. The summed E-state index contributed by atoms with van der Waals surface area (Å²) in [5.74, 6) is -0.694. The number of hydrogen-bond donors (Lipinski definition) is 11. The van der Waals surface area contributed by atoms with Crippen molar-refractivity contribution in [2.75, 3.05) is 6.61 Å². The minimum absolute atomic E-state index is 0.598. The third-order valence-electron chi connectivity index (χ3n) is 10.2. The van der Waals surface area contributed by atoms with E-state index in [1.807, 2.05) is 4.98 Å². The Hall–Kier alpha value is -3.12. The molecule has 4 rings (SSSR count). The maximum absolute atomic E-state index is 13.1. The fraction of sp³-hybridized carbons (Fsp3) is 0.778. The van der Waals surface area contributed by atoms with E-state index >= 15 is 0 Å². The van der Waals surface area contributed by atoms with Crippen molar-refractivity contribution in [1.29, 1.82) is 0 Å². The second-order valence-electron chi connectivity index (χ2n) is 15.1. The Balaban J connectivity index is 1.50. The van der Waals surface area contributed by atoms with Gasteiger partial charge in [-0.1, -0.05) is 52.0 Å². The van der Waals surface area contributed by atoms with Crippen LogP contribution in [-0.4, -0.2) is 155 Å². The summed E-state index contributed by atoms with van der Waals surface area (Å²) in [4.78, 5) is 51.0. The quantitative estimate of drug-likeness (QED) is 0.0513. The van der Waals surface area contributed by atoms with Crippen LogP contribution in [0.25, 0.3) is 0 Å². The Labute approximate surface area is 323 Å². The first-order valence-electron chi connectivity index (χ1n) is 19.1. The van der Waals surface area contributed by atoms with Crippen molar-refractivity contribution in [3.63, 3.8) is 0 Å². The molecule has 0 aromatic carbocycles. The number of hydrogen-bond acceptors (Lipinski definition) is 16. The number of rotatable bonds is 18. The fourth-order valence-electron chi connectivity index (χ4n) is 7.10. The van der Waals surface area contributed by atoms with Gasteiger partial charge in [0.1, 0.15) is 60.9 Å². The summed E-state index contributed by atoms with van der Waals surface area (Å²) in [5.41, 5.74) is -1.69. The average molecular weight is 803 g/mol. The lowest BCUT2D eigenvalue weighted by Gasteiger charge is -2.47. The van der Waals surface area contributed by atoms with E-state index < -0.39 is 128 Å². The Morgan fingerprint density at radius 2 is 1.46 bits per heavy atom. The molecule has 3 aliphatic rings. The molecule has 2 amide bonds. The van der Waals surface area contributed by atoms with E-state index in [1.165, 1.54) is 12.5 Å². The first-order valence-corrected chi connectivity index (χ1v) is 19.1. The lowest BCUT2D eigenvalue weighted by molar-refractivity contribution is -0.346. The van der Waals surface area contributed by atoms with Crippen LogP contribution < -0.4 is 21.9 Å². The van der Waals surface area contributed by atoms with Crippen LogP contribution in [0.1, 0.15) is 78.4 Å². The van der Waals surface area contributed by atoms with Gasteiger partial charge in [-0.15, -0.1) is 0 Å². The molecule has 14 unspecified atom stereocenters. The monoisotopic (exact) mass is 802 g/mol. The van der Waals surface area contributed by atoms with Gasteiger partial charge in [0.05, 0.1) is 18.8 Å². The number of aromatic amines is 1. The van der Waals surface area contributed by atoms with Crippen LogP contribution in [0.2, 0.25) is 0 Å². The molecule has 0 spiro atoms. The van der Waals surface area contributed by atoms with Gasteiger partial charge < -0.3 is 70.4 Å². The molecular weight excluding hydrogens is 744 g/mol. The van der Waals surface area contributed by atoms with Crippen molar-refractivity contribution in [1.82, 2.24) is 20.2 Å². The van der Waals surface area contributed by atoms with Crippen LogP contribution in [0.4, 0.5) is 0 Å². The second kappa shape index (κ2) is 21.0. The zero-order valence-electron chi connectivity index (χ0n) is 31.7. The third kappa shape index (κ3) is 11.7. The highest BCUT2D eigenvalue weighted by molar-refractivity contribution is 5.87. The molecule has 3 fully saturated rings. The van der Waals surface area contributed by atoms with Gasteiger partial charge in [-0.3, -0.25) is 23.9 Å². The van der Waals surface area contributed by atoms with E-state index in [0.29, 0.717) is 12.3 Å². The van der Waals surface area contributed by atoms with Gasteiger partial charge in [0.25, 0.3) is 5.56 Å². The van der Waals surface area contributed by atoms with Crippen LogP contribution in [0.15, 0.2) is 34.0 Å². The maximum atomic E-state index is 13.1. The zero-order valence-corrected chi connectivity index (χ0v) is 31.7. The van der Waals surface area contributed by atoms with E-state index in [4.69, 9.17) is 18.9 Å². The number of nitrogens with zero attached hydrogens (tertiary/aromatic N) is 1. The molecule has 0 saturated carbocycles. The van der Waals surface area contributed by atoms with Crippen molar-refractivity contribution in [3.05, 3.63) is 45.3 Å². The van der Waals surface area contributed by atoms with Gasteiger partial charge in [0, 0.05) is 25.6 Å². The van der Waals surface area contributed by atoms with Crippen molar-refractivity contribution >= 4 is 11.8 Å². The Morgan fingerprint density at radius 3 is 2.09 bits per heavy atom. The van der Waals surface area contributed by atoms with Crippen LogP contribution in [0.3, 0.4) is 0 Å². The standard InChI is InChI=1S/C36H58N4O16/c1-17(2)11-9-7-5-4-6-8-10-12-22(44)38-25-29(49)26(46)20(53-35(25)56-34-24(37-18(3)42)28(48)27(47)21(16-41)54-34)15-19(43)32-30(50)31(51)33(55-32)40-14-13-23(45)39-36(40)52/h10,12-14,17,19-21,24-35,41,43,46-51H,4-9,11,15-16H2,1-3H3,(H,37,42)(H,38,44)(H,39,45,52)/b12-10+/t19-,20?,21?,24?,25?,26?,27?,28?,29?,30?,31?,32?,33?,34?,35?/m1/s1. The molecule has 11 N–H and O–H groups in total. The number of allylic oxidation sites excluding steroid dienone is 1. The molecule has 56 heavy (non-hydrogen) atoms. The highest BCUT2D eigenvalue weighted by Gasteiger charge is 2.53. The van der Waals surface area contributed by atoms with Gasteiger partial charge in [-0.2, -0.15) is 0 Å². The normalized spacial score (nSPS) is 35.5. The summed E-state index contributed by atoms with van der Waals surface area (Å²) in [5, 5.41) is 91.2. The molecule has 15 atom stereocenters. The van der Waals surface area contributed by atoms with Crippen molar-refractivity contribution in [3.8, 4) is 0 Å². The van der Waals surface area contributed by atoms with Crippen LogP contribution in [0, 0.1) is 5.92 Å². The Kier molecular flexibility index (Phi) is 17.1. The molecule has 0 radical (unpaired) electrons. The lowest BCUT2D eigenvalue weighted by Crippen LogP contribution is -2.68. The highest BCUT2D eigenvalue weighted by Crippen LogP contribution is 2.34. The molecule has 3 saturated heterocycles. The van der Waals surface area contributed by atoms with Gasteiger partial charge in [-0.25, -0.2) is 4.79 Å². The van der Waals surface area contributed by atoms with Crippen molar-refractivity contribution in [2.24, 2.45) is 5.92 Å². The number of aliphatic hydroxyl groups is 8. The first kappa shape index (κ1) is 45.6. The topological polar surface area (TPSA) is 312 Å². The van der Waals surface area contributed by atoms with E-state index in [9.17, 15) is 60.0 Å². The predicted octanol–water partition coefficient (Wildman–Crippen LogP) is -3.26. The number of amides is 2. The molecule has 318 valence electrons. The zero-order chi connectivity index (χ0) is 41.3. The SMILES string of the molecule is CC(=O)NC1C(OC2OC(C[C@@H](O)C3OC(n4ccc(=O)[nH]c4=O)C(O)C3O)C(O)C(O)C2NC(=O)/C=C/CCCCCCCC(C)C)OC(CO)C(O)C1O. The van der Waals surface area contributed by atoms with E-state index in [0.717, 1.165) is 55.9 Å². The smallest absolute Gasteiger partial charge is 0.330 e. The van der Waals surface area contributed by atoms with Gasteiger partial charge >= 0.3 is 5.69 Å². The summed E-state index contributed by atoms with van der Waals surface area (Å²) in [7, 11) is 0. The van der Waals surface area contributed by atoms with Gasteiger partial charge in [-0.05, 0) is 24.8 Å². The lowest BCUT2D eigenvalue weighted by atomic mass is 9.91. The molecular formula is C36H58N4O16. The number of H-pyrrole nitrogens is 1. The van der Waals surface area contributed by atoms with Crippen LogP contribution in [-0.2, 0) is 28.5 Å². The average Bonchev–Trinajstić information content (AvgIpc) is 3.43. The van der Waals surface area contributed by atoms with Crippen molar-refractivity contribution < 1.29 is 69.4 Å². The Bertz CT molecular complexity index is 1560. The van der Waals surface area contributed by atoms with E-state index in [2.05, 4.69) is 24.5 Å². The summed E-state index contributed by atoms with van der Waals surface area (Å²) >= 11 is 0.